The Morgan fingerprint density at radius 3 is 2.55 bits per heavy atom. The van der Waals surface area contributed by atoms with Crippen molar-refractivity contribution in [3.05, 3.63) is 18.2 Å². The van der Waals surface area contributed by atoms with Crippen molar-refractivity contribution >= 4 is 11.7 Å². The summed E-state index contributed by atoms with van der Waals surface area (Å²) < 4.78 is 16.0. The average molecular weight is 308 g/mol. The summed E-state index contributed by atoms with van der Waals surface area (Å²) in [6.45, 7) is 4.02. The minimum Gasteiger partial charge on any atom is -0.497 e. The second-order valence-electron chi connectivity index (χ2n) is 5.20. The second kappa shape index (κ2) is 7.89. The Balaban J connectivity index is 2.01. The molecule has 6 nitrogen and oxygen atoms in total. The standard InChI is InChI=1S/C16H24N2O4/c1-4-22-13-6-5-7-18(11-13)16(19)17-12-8-14(20-2)10-15(9-12)21-3/h8-10,13H,4-7,11H2,1-3H3,(H,17,19)/t13-/m0/s1. The number of ether oxygens (including phenoxy) is 3. The molecule has 1 fully saturated rings. The predicted molar refractivity (Wildman–Crippen MR) is 84.8 cm³/mol. The number of anilines is 1. The number of piperidine rings is 1. The van der Waals surface area contributed by atoms with Gasteiger partial charge in [-0.1, -0.05) is 0 Å². The van der Waals surface area contributed by atoms with E-state index < -0.39 is 0 Å². The van der Waals surface area contributed by atoms with E-state index in [4.69, 9.17) is 14.2 Å². The van der Waals surface area contributed by atoms with Crippen molar-refractivity contribution in [1.82, 2.24) is 4.90 Å². The van der Waals surface area contributed by atoms with Gasteiger partial charge in [0.1, 0.15) is 11.5 Å². The van der Waals surface area contributed by atoms with E-state index in [1.807, 2.05) is 6.92 Å². The van der Waals surface area contributed by atoms with Crippen LogP contribution in [-0.2, 0) is 4.74 Å². The highest BCUT2D eigenvalue weighted by Gasteiger charge is 2.24. The van der Waals surface area contributed by atoms with E-state index in [9.17, 15) is 4.79 Å². The van der Waals surface area contributed by atoms with E-state index in [0.717, 1.165) is 19.4 Å². The third-order valence-electron chi connectivity index (χ3n) is 3.67. The monoisotopic (exact) mass is 308 g/mol. The number of nitrogens with one attached hydrogen (secondary N) is 1. The minimum atomic E-state index is -0.125. The van der Waals surface area contributed by atoms with Crippen molar-refractivity contribution in [2.24, 2.45) is 0 Å². The Bertz CT molecular complexity index is 483. The molecular formula is C16H24N2O4. The number of amides is 2. The van der Waals surface area contributed by atoms with E-state index in [1.54, 1.807) is 37.3 Å². The van der Waals surface area contributed by atoms with Crippen LogP contribution in [0.2, 0.25) is 0 Å². The molecule has 0 aliphatic carbocycles. The van der Waals surface area contributed by atoms with E-state index in [1.165, 1.54) is 0 Å². The number of carbonyl (C=O) groups excluding carboxylic acids is 1. The van der Waals surface area contributed by atoms with E-state index >= 15 is 0 Å². The molecule has 0 unspecified atom stereocenters. The quantitative estimate of drug-likeness (QED) is 0.908. The van der Waals surface area contributed by atoms with Gasteiger partial charge < -0.3 is 24.4 Å². The maximum Gasteiger partial charge on any atom is 0.321 e. The van der Waals surface area contributed by atoms with Crippen LogP contribution in [0.25, 0.3) is 0 Å². The van der Waals surface area contributed by atoms with Crippen molar-refractivity contribution in [1.29, 1.82) is 0 Å². The Morgan fingerprint density at radius 1 is 1.27 bits per heavy atom. The fraction of sp³-hybridized carbons (Fsp3) is 0.562. The van der Waals surface area contributed by atoms with E-state index in [-0.39, 0.29) is 12.1 Å². The molecule has 0 saturated carbocycles. The molecule has 6 heteroatoms. The first-order chi connectivity index (χ1) is 10.7. The number of urea groups is 1. The van der Waals surface area contributed by atoms with Crippen LogP contribution in [0.3, 0.4) is 0 Å². The SMILES string of the molecule is CCO[C@H]1CCCN(C(=O)Nc2cc(OC)cc(OC)c2)C1. The molecule has 0 bridgehead atoms. The summed E-state index contributed by atoms with van der Waals surface area (Å²) in [6.07, 6.45) is 2.09. The van der Waals surface area contributed by atoms with Gasteiger partial charge in [-0.3, -0.25) is 0 Å². The molecule has 1 atom stereocenters. The molecule has 0 radical (unpaired) electrons. The zero-order valence-corrected chi connectivity index (χ0v) is 13.4. The van der Waals surface area contributed by atoms with E-state index in [0.29, 0.717) is 30.3 Å². The Labute approximate surface area is 131 Å². The fourth-order valence-corrected chi connectivity index (χ4v) is 2.58. The van der Waals surface area contributed by atoms with Gasteiger partial charge in [-0.05, 0) is 19.8 Å². The molecule has 1 heterocycles. The van der Waals surface area contributed by atoms with Crippen LogP contribution < -0.4 is 14.8 Å². The topological polar surface area (TPSA) is 60.0 Å². The van der Waals surface area contributed by atoms with E-state index in [2.05, 4.69) is 5.32 Å². The van der Waals surface area contributed by atoms with Crippen molar-refractivity contribution in [2.45, 2.75) is 25.9 Å². The van der Waals surface area contributed by atoms with Crippen LogP contribution in [0.1, 0.15) is 19.8 Å². The summed E-state index contributed by atoms with van der Waals surface area (Å²) in [6, 6.07) is 5.18. The number of benzene rings is 1. The average Bonchev–Trinajstić information content (AvgIpc) is 2.55. The summed E-state index contributed by atoms with van der Waals surface area (Å²) in [4.78, 5) is 14.2. The van der Waals surface area contributed by atoms with Gasteiger partial charge in [-0.15, -0.1) is 0 Å². The van der Waals surface area contributed by atoms with Gasteiger partial charge in [-0.2, -0.15) is 0 Å². The van der Waals surface area contributed by atoms with Crippen molar-refractivity contribution < 1.29 is 19.0 Å². The van der Waals surface area contributed by atoms with Crippen LogP contribution in [0, 0.1) is 0 Å². The van der Waals surface area contributed by atoms with Crippen LogP contribution in [0.15, 0.2) is 18.2 Å². The maximum atomic E-state index is 12.4. The largest absolute Gasteiger partial charge is 0.497 e. The van der Waals surface area contributed by atoms with Crippen LogP contribution in [-0.4, -0.2) is 51.0 Å². The number of nitrogens with zero attached hydrogens (tertiary/aromatic N) is 1. The molecule has 22 heavy (non-hydrogen) atoms. The number of hydrogen-bond donors (Lipinski definition) is 1. The van der Waals surface area contributed by atoms with Gasteiger partial charge in [-0.25, -0.2) is 4.79 Å². The van der Waals surface area contributed by atoms with Gasteiger partial charge in [0.15, 0.2) is 0 Å². The van der Waals surface area contributed by atoms with Gasteiger partial charge in [0.25, 0.3) is 0 Å². The summed E-state index contributed by atoms with van der Waals surface area (Å²) in [5.41, 5.74) is 0.653. The molecule has 2 rings (SSSR count). The highest BCUT2D eigenvalue weighted by molar-refractivity contribution is 5.90. The third kappa shape index (κ3) is 4.27. The van der Waals surface area contributed by atoms with Crippen molar-refractivity contribution in [3.8, 4) is 11.5 Å². The molecule has 1 aromatic rings. The molecule has 1 aliphatic heterocycles. The van der Waals surface area contributed by atoms with Crippen LogP contribution in [0.4, 0.5) is 10.5 Å². The Hall–Kier alpha value is -1.95. The molecule has 1 N–H and O–H groups in total. The normalized spacial score (nSPS) is 18.0. The third-order valence-corrected chi connectivity index (χ3v) is 3.67. The number of carbonyl (C=O) groups is 1. The lowest BCUT2D eigenvalue weighted by atomic mass is 10.1. The predicted octanol–water partition coefficient (Wildman–Crippen LogP) is 2.74. The molecular weight excluding hydrogens is 284 g/mol. The summed E-state index contributed by atoms with van der Waals surface area (Å²) in [7, 11) is 3.16. The Kier molecular flexibility index (Phi) is 5.89. The zero-order valence-electron chi connectivity index (χ0n) is 13.4. The van der Waals surface area contributed by atoms with Gasteiger partial charge in [0.05, 0.1) is 20.3 Å². The lowest BCUT2D eigenvalue weighted by Crippen LogP contribution is -2.45. The first kappa shape index (κ1) is 16.4. The smallest absolute Gasteiger partial charge is 0.321 e. The molecule has 0 aromatic heterocycles. The van der Waals surface area contributed by atoms with Crippen LogP contribution in [0.5, 0.6) is 11.5 Å². The number of rotatable bonds is 5. The molecule has 1 aliphatic rings. The van der Waals surface area contributed by atoms with Crippen molar-refractivity contribution in [2.75, 3.05) is 39.2 Å². The summed E-state index contributed by atoms with van der Waals surface area (Å²) in [5, 5.41) is 2.90. The first-order valence-electron chi connectivity index (χ1n) is 7.56. The lowest BCUT2D eigenvalue weighted by molar-refractivity contribution is 0.0181. The molecule has 1 saturated heterocycles. The molecule has 122 valence electrons. The fourth-order valence-electron chi connectivity index (χ4n) is 2.58. The highest BCUT2D eigenvalue weighted by Crippen LogP contribution is 2.26. The van der Waals surface area contributed by atoms with Gasteiger partial charge >= 0.3 is 6.03 Å². The van der Waals surface area contributed by atoms with Gasteiger partial charge in [0, 0.05) is 43.6 Å². The maximum absolute atomic E-state index is 12.4. The highest BCUT2D eigenvalue weighted by atomic mass is 16.5. The summed E-state index contributed by atoms with van der Waals surface area (Å²) in [5.74, 6) is 1.28. The lowest BCUT2D eigenvalue weighted by Gasteiger charge is -2.32. The zero-order chi connectivity index (χ0) is 15.9. The number of methoxy groups -OCH3 is 2. The van der Waals surface area contributed by atoms with Crippen molar-refractivity contribution in [3.63, 3.8) is 0 Å². The number of likely N-dealkylation sites (tertiary alicyclic amines) is 1. The van der Waals surface area contributed by atoms with Gasteiger partial charge in [0.2, 0.25) is 0 Å². The summed E-state index contributed by atoms with van der Waals surface area (Å²) >= 11 is 0. The first-order valence-corrected chi connectivity index (χ1v) is 7.56. The van der Waals surface area contributed by atoms with Crippen LogP contribution >= 0.6 is 0 Å². The molecule has 0 spiro atoms. The molecule has 1 aromatic carbocycles. The number of hydrogen-bond acceptors (Lipinski definition) is 4. The molecule has 2 amide bonds. The Morgan fingerprint density at radius 2 is 1.95 bits per heavy atom. The minimum absolute atomic E-state index is 0.125. The second-order valence-corrected chi connectivity index (χ2v) is 5.20.